The molecule has 3 heteroatoms. The zero-order valence-electron chi connectivity index (χ0n) is 12.7. The van der Waals surface area contributed by atoms with Crippen LogP contribution in [-0.2, 0) is 11.2 Å². The molecule has 0 amide bonds. The Kier molecular flexibility index (Phi) is 5.78. The smallest absolute Gasteiger partial charge is 0.127 e. The summed E-state index contributed by atoms with van der Waals surface area (Å²) < 4.78 is 10.9. The van der Waals surface area contributed by atoms with Gasteiger partial charge in [-0.1, -0.05) is 31.2 Å². The molecule has 0 saturated heterocycles. The Balaban J connectivity index is 1.97. The van der Waals surface area contributed by atoms with E-state index in [9.17, 15) is 0 Å². The highest BCUT2D eigenvalue weighted by Crippen LogP contribution is 2.24. The van der Waals surface area contributed by atoms with Gasteiger partial charge >= 0.3 is 0 Å². The van der Waals surface area contributed by atoms with Gasteiger partial charge in [-0.25, -0.2) is 0 Å². The number of hydrogen-bond acceptors (Lipinski definition) is 3. The molecule has 2 rings (SSSR count). The number of benzene rings is 2. The summed E-state index contributed by atoms with van der Waals surface area (Å²) in [5.41, 5.74) is 8.39. The summed E-state index contributed by atoms with van der Waals surface area (Å²) in [6, 6.07) is 16.2. The van der Waals surface area contributed by atoms with Crippen LogP contribution in [0.5, 0.6) is 11.5 Å². The molecule has 0 saturated carbocycles. The van der Waals surface area contributed by atoms with Crippen molar-refractivity contribution in [1.29, 1.82) is 0 Å². The zero-order valence-corrected chi connectivity index (χ0v) is 12.7. The number of methoxy groups -OCH3 is 1. The zero-order chi connectivity index (χ0) is 15.1. The molecule has 0 heterocycles. The van der Waals surface area contributed by atoms with Crippen LogP contribution in [0.1, 0.15) is 30.5 Å². The van der Waals surface area contributed by atoms with Crippen LogP contribution in [0.2, 0.25) is 0 Å². The van der Waals surface area contributed by atoms with Crippen LogP contribution in [0.3, 0.4) is 0 Å². The number of nitrogens with two attached hydrogens (primary N) is 1. The molecule has 1 atom stereocenters. The molecule has 0 fully saturated rings. The van der Waals surface area contributed by atoms with E-state index in [2.05, 4.69) is 19.1 Å². The third-order valence-corrected chi connectivity index (χ3v) is 3.50. The average molecular weight is 285 g/mol. The number of hydrogen-bond donors (Lipinski definition) is 1. The Morgan fingerprint density at radius 3 is 2.05 bits per heavy atom. The molecule has 0 radical (unpaired) electrons. The summed E-state index contributed by atoms with van der Waals surface area (Å²) in [6.45, 7) is 2.82. The third kappa shape index (κ3) is 4.59. The van der Waals surface area contributed by atoms with Gasteiger partial charge in [-0.3, -0.25) is 0 Å². The molecule has 2 aromatic rings. The molecule has 1 unspecified atom stereocenters. The number of rotatable bonds is 7. The lowest BCUT2D eigenvalue weighted by atomic mass is 10.1. The minimum atomic E-state index is 0.0964. The van der Waals surface area contributed by atoms with E-state index < -0.39 is 0 Å². The quantitative estimate of drug-likeness (QED) is 0.833. The highest BCUT2D eigenvalue weighted by molar-refractivity contribution is 5.35. The minimum absolute atomic E-state index is 0.0964. The fourth-order valence-corrected chi connectivity index (χ4v) is 2.10. The van der Waals surface area contributed by atoms with E-state index in [1.807, 2.05) is 36.4 Å². The van der Waals surface area contributed by atoms with E-state index in [-0.39, 0.29) is 6.04 Å². The first-order valence-corrected chi connectivity index (χ1v) is 7.34. The van der Waals surface area contributed by atoms with E-state index in [0.717, 1.165) is 36.5 Å². The van der Waals surface area contributed by atoms with Gasteiger partial charge in [0.05, 0.1) is 6.61 Å². The monoisotopic (exact) mass is 285 g/mol. The molecule has 2 N–H and O–H groups in total. The second-order valence-electron chi connectivity index (χ2n) is 5.07. The molecule has 0 aromatic heterocycles. The van der Waals surface area contributed by atoms with E-state index >= 15 is 0 Å². The van der Waals surface area contributed by atoms with Crippen molar-refractivity contribution in [2.45, 2.75) is 25.8 Å². The van der Waals surface area contributed by atoms with Crippen LogP contribution in [0.4, 0.5) is 0 Å². The fraction of sp³-hybridized carbons (Fsp3) is 0.333. The highest BCUT2D eigenvalue weighted by Gasteiger charge is 2.03. The van der Waals surface area contributed by atoms with E-state index in [1.54, 1.807) is 7.11 Å². The molecule has 21 heavy (non-hydrogen) atoms. The van der Waals surface area contributed by atoms with Gasteiger partial charge in [-0.05, 0) is 48.2 Å². The Bertz CT molecular complexity index is 534. The summed E-state index contributed by atoms with van der Waals surface area (Å²) >= 11 is 0. The maximum Gasteiger partial charge on any atom is 0.127 e. The van der Waals surface area contributed by atoms with Gasteiger partial charge in [-0.2, -0.15) is 0 Å². The van der Waals surface area contributed by atoms with Gasteiger partial charge in [0.25, 0.3) is 0 Å². The Morgan fingerprint density at radius 1 is 0.952 bits per heavy atom. The van der Waals surface area contributed by atoms with E-state index in [1.165, 1.54) is 5.56 Å². The SMILES string of the molecule is CCC(N)c1ccc(Oc2ccc(CCOC)cc2)cc1. The van der Waals surface area contributed by atoms with Gasteiger partial charge in [-0.15, -0.1) is 0 Å². The lowest BCUT2D eigenvalue weighted by Crippen LogP contribution is -2.07. The Morgan fingerprint density at radius 2 is 1.52 bits per heavy atom. The fourth-order valence-electron chi connectivity index (χ4n) is 2.10. The van der Waals surface area contributed by atoms with Crippen molar-refractivity contribution in [3.8, 4) is 11.5 Å². The molecular weight excluding hydrogens is 262 g/mol. The summed E-state index contributed by atoms with van der Waals surface area (Å²) in [7, 11) is 1.71. The first-order chi connectivity index (χ1) is 10.2. The van der Waals surface area contributed by atoms with Crippen molar-refractivity contribution in [1.82, 2.24) is 0 Å². The summed E-state index contributed by atoms with van der Waals surface area (Å²) in [5, 5.41) is 0. The maximum atomic E-state index is 6.00. The molecule has 0 bridgehead atoms. The normalized spacial score (nSPS) is 12.1. The second kappa shape index (κ2) is 7.81. The molecule has 0 spiro atoms. The molecule has 2 aromatic carbocycles. The van der Waals surface area contributed by atoms with Gasteiger partial charge in [0.1, 0.15) is 11.5 Å². The Hall–Kier alpha value is -1.84. The minimum Gasteiger partial charge on any atom is -0.457 e. The first-order valence-electron chi connectivity index (χ1n) is 7.34. The van der Waals surface area contributed by atoms with Gasteiger partial charge in [0, 0.05) is 13.2 Å². The Labute approximate surface area is 126 Å². The topological polar surface area (TPSA) is 44.5 Å². The molecule has 3 nitrogen and oxygen atoms in total. The summed E-state index contributed by atoms with van der Waals surface area (Å²) in [4.78, 5) is 0. The third-order valence-electron chi connectivity index (χ3n) is 3.50. The molecule has 0 aliphatic rings. The van der Waals surface area contributed by atoms with Gasteiger partial charge in [0.2, 0.25) is 0 Å². The summed E-state index contributed by atoms with van der Waals surface area (Å²) in [5.74, 6) is 1.66. The van der Waals surface area contributed by atoms with Crippen molar-refractivity contribution >= 4 is 0 Å². The molecule has 0 aliphatic heterocycles. The van der Waals surface area contributed by atoms with Crippen molar-refractivity contribution < 1.29 is 9.47 Å². The van der Waals surface area contributed by atoms with Crippen molar-refractivity contribution in [3.63, 3.8) is 0 Å². The van der Waals surface area contributed by atoms with Gasteiger partial charge in [0.15, 0.2) is 0 Å². The second-order valence-corrected chi connectivity index (χ2v) is 5.07. The average Bonchev–Trinajstić information content (AvgIpc) is 2.54. The van der Waals surface area contributed by atoms with Crippen LogP contribution in [0.25, 0.3) is 0 Å². The van der Waals surface area contributed by atoms with Crippen molar-refractivity contribution in [2.75, 3.05) is 13.7 Å². The predicted octanol–water partition coefficient (Wildman–Crippen LogP) is 4.08. The molecule has 112 valence electrons. The molecule has 0 aliphatic carbocycles. The van der Waals surface area contributed by atoms with Gasteiger partial charge < -0.3 is 15.2 Å². The standard InChI is InChI=1S/C18H23NO2/c1-3-18(19)15-6-10-17(11-7-15)21-16-8-4-14(5-9-16)12-13-20-2/h4-11,18H,3,12-13,19H2,1-2H3. The number of ether oxygens (including phenoxy) is 2. The van der Waals surface area contributed by atoms with Crippen LogP contribution >= 0.6 is 0 Å². The lowest BCUT2D eigenvalue weighted by molar-refractivity contribution is 0.202. The van der Waals surface area contributed by atoms with Crippen LogP contribution < -0.4 is 10.5 Å². The van der Waals surface area contributed by atoms with E-state index in [0.29, 0.717) is 0 Å². The van der Waals surface area contributed by atoms with Crippen LogP contribution in [-0.4, -0.2) is 13.7 Å². The molecular formula is C18H23NO2. The highest BCUT2D eigenvalue weighted by atomic mass is 16.5. The van der Waals surface area contributed by atoms with Crippen molar-refractivity contribution in [3.05, 3.63) is 59.7 Å². The summed E-state index contributed by atoms with van der Waals surface area (Å²) in [6.07, 6.45) is 1.85. The predicted molar refractivity (Wildman–Crippen MR) is 85.8 cm³/mol. The largest absolute Gasteiger partial charge is 0.457 e. The van der Waals surface area contributed by atoms with E-state index in [4.69, 9.17) is 15.2 Å². The lowest BCUT2D eigenvalue weighted by Gasteiger charge is -2.11. The maximum absolute atomic E-state index is 6.00. The first kappa shape index (κ1) is 15.5. The van der Waals surface area contributed by atoms with Crippen molar-refractivity contribution in [2.24, 2.45) is 5.73 Å². The van der Waals surface area contributed by atoms with Crippen LogP contribution in [0.15, 0.2) is 48.5 Å². The van der Waals surface area contributed by atoms with Crippen LogP contribution in [0, 0.1) is 0 Å².